The lowest BCUT2D eigenvalue weighted by Gasteiger charge is -2.25. The maximum atomic E-state index is 5.63. The average Bonchev–Trinajstić information content (AvgIpc) is 2.94. The van der Waals surface area contributed by atoms with Crippen LogP contribution in [0.15, 0.2) is 24.3 Å². The van der Waals surface area contributed by atoms with Gasteiger partial charge in [-0.15, -0.1) is 0 Å². The Morgan fingerprint density at radius 1 is 1.26 bits per heavy atom. The lowest BCUT2D eigenvalue weighted by Crippen LogP contribution is -2.35. The van der Waals surface area contributed by atoms with Gasteiger partial charge in [-0.1, -0.05) is 6.07 Å². The summed E-state index contributed by atoms with van der Waals surface area (Å²) in [5.74, 6) is 3.37. The third kappa shape index (κ3) is 3.12. The molecule has 23 heavy (non-hydrogen) atoms. The minimum Gasteiger partial charge on any atom is -0.486 e. The van der Waals surface area contributed by atoms with Crippen LogP contribution in [-0.4, -0.2) is 36.1 Å². The Balaban J connectivity index is 1.30. The molecule has 2 aliphatic heterocycles. The van der Waals surface area contributed by atoms with Crippen molar-refractivity contribution in [3.05, 3.63) is 35.5 Å². The molecule has 0 amide bonds. The van der Waals surface area contributed by atoms with E-state index < -0.39 is 0 Å². The van der Waals surface area contributed by atoms with Gasteiger partial charge < -0.3 is 20.1 Å². The largest absolute Gasteiger partial charge is 0.486 e. The molecule has 2 aromatic rings. The Hall–Kier alpha value is -2.21. The molecule has 6 nitrogen and oxygen atoms in total. The first-order valence-electron chi connectivity index (χ1n) is 8.15. The van der Waals surface area contributed by atoms with E-state index in [1.165, 1.54) is 5.56 Å². The van der Waals surface area contributed by atoms with E-state index in [9.17, 15) is 0 Å². The topological polar surface area (TPSA) is 60.3 Å². The summed E-state index contributed by atoms with van der Waals surface area (Å²) in [6, 6.07) is 8.25. The van der Waals surface area contributed by atoms with Gasteiger partial charge in [0, 0.05) is 38.2 Å². The number of hydrogen-bond acceptors (Lipinski definition) is 5. The zero-order valence-corrected chi connectivity index (χ0v) is 13.3. The molecule has 2 N–H and O–H groups in total. The number of nitrogens with zero attached hydrogens (tertiary/aromatic N) is 2. The van der Waals surface area contributed by atoms with Crippen LogP contribution in [0.3, 0.4) is 0 Å². The van der Waals surface area contributed by atoms with Crippen LogP contribution in [0, 0.1) is 12.8 Å². The maximum Gasteiger partial charge on any atom is 0.161 e. The summed E-state index contributed by atoms with van der Waals surface area (Å²) < 4.78 is 13.2. The molecular formula is C17H22N4O2. The zero-order valence-electron chi connectivity index (χ0n) is 13.3. The molecule has 0 radical (unpaired) electrons. The van der Waals surface area contributed by atoms with Crippen molar-refractivity contribution in [2.45, 2.75) is 20.0 Å². The second kappa shape index (κ2) is 6.12. The van der Waals surface area contributed by atoms with Crippen LogP contribution < -0.4 is 20.1 Å². The second-order valence-corrected chi connectivity index (χ2v) is 6.21. The van der Waals surface area contributed by atoms with Crippen molar-refractivity contribution in [2.24, 2.45) is 5.92 Å². The minimum atomic E-state index is 0.541. The van der Waals surface area contributed by atoms with Crippen molar-refractivity contribution in [3.63, 3.8) is 0 Å². The molecule has 6 heteroatoms. The first-order valence-corrected chi connectivity index (χ1v) is 8.15. The summed E-state index contributed by atoms with van der Waals surface area (Å²) in [5.41, 5.74) is 2.28. The average molecular weight is 314 g/mol. The number of anilines is 1. The van der Waals surface area contributed by atoms with E-state index in [1.54, 1.807) is 0 Å². The van der Waals surface area contributed by atoms with E-state index in [4.69, 9.17) is 9.47 Å². The number of rotatable bonds is 4. The normalized spacial score (nSPS) is 19.1. The number of aromatic nitrogens is 2. The fraction of sp³-hybridized carbons (Fsp3) is 0.471. The van der Waals surface area contributed by atoms with Crippen LogP contribution in [-0.2, 0) is 13.1 Å². The molecule has 0 aliphatic carbocycles. The molecule has 1 atom stereocenters. The fourth-order valence-corrected chi connectivity index (χ4v) is 3.14. The van der Waals surface area contributed by atoms with E-state index in [2.05, 4.69) is 38.6 Å². The molecule has 4 rings (SSSR count). The van der Waals surface area contributed by atoms with Gasteiger partial charge in [0.1, 0.15) is 19.0 Å². The SMILES string of the molecule is Cc1cc2n(n1)C[C@H](CNCc1ccc3c(c1)OCCO3)CN2. The number of ether oxygens (including phenoxy) is 2. The Labute approximate surface area is 135 Å². The van der Waals surface area contributed by atoms with Crippen molar-refractivity contribution in [3.8, 4) is 11.5 Å². The molecule has 0 saturated carbocycles. The Morgan fingerprint density at radius 2 is 2.13 bits per heavy atom. The maximum absolute atomic E-state index is 5.63. The van der Waals surface area contributed by atoms with Crippen molar-refractivity contribution in [2.75, 3.05) is 31.6 Å². The molecule has 3 heterocycles. The third-order valence-corrected chi connectivity index (χ3v) is 4.27. The smallest absolute Gasteiger partial charge is 0.161 e. The lowest BCUT2D eigenvalue weighted by molar-refractivity contribution is 0.171. The van der Waals surface area contributed by atoms with Crippen LogP contribution in [0.5, 0.6) is 11.5 Å². The summed E-state index contributed by atoms with van der Waals surface area (Å²) in [4.78, 5) is 0. The number of benzene rings is 1. The van der Waals surface area contributed by atoms with E-state index in [1.807, 2.05) is 13.0 Å². The predicted molar refractivity (Wildman–Crippen MR) is 88.1 cm³/mol. The molecule has 0 bridgehead atoms. The zero-order chi connectivity index (χ0) is 15.6. The van der Waals surface area contributed by atoms with Crippen LogP contribution in [0.25, 0.3) is 0 Å². The minimum absolute atomic E-state index is 0.541. The first kappa shape index (κ1) is 14.4. The quantitative estimate of drug-likeness (QED) is 0.901. The van der Waals surface area contributed by atoms with E-state index in [0.29, 0.717) is 19.1 Å². The molecule has 1 aromatic carbocycles. The second-order valence-electron chi connectivity index (χ2n) is 6.21. The van der Waals surface area contributed by atoms with E-state index in [-0.39, 0.29) is 0 Å². The lowest BCUT2D eigenvalue weighted by atomic mass is 10.1. The van der Waals surface area contributed by atoms with Crippen molar-refractivity contribution in [1.82, 2.24) is 15.1 Å². The number of fused-ring (bicyclic) bond motifs is 2. The molecule has 2 aliphatic rings. The van der Waals surface area contributed by atoms with E-state index in [0.717, 1.165) is 49.2 Å². The van der Waals surface area contributed by atoms with Crippen LogP contribution >= 0.6 is 0 Å². The van der Waals surface area contributed by atoms with Crippen molar-refractivity contribution >= 4 is 5.82 Å². The molecular weight excluding hydrogens is 292 g/mol. The fourth-order valence-electron chi connectivity index (χ4n) is 3.14. The van der Waals surface area contributed by atoms with Crippen molar-refractivity contribution in [1.29, 1.82) is 0 Å². The highest BCUT2D eigenvalue weighted by molar-refractivity contribution is 5.43. The highest BCUT2D eigenvalue weighted by atomic mass is 16.6. The summed E-state index contributed by atoms with van der Waals surface area (Å²) in [7, 11) is 0. The molecule has 0 fully saturated rings. The summed E-state index contributed by atoms with van der Waals surface area (Å²) in [5, 5.41) is 11.5. The molecule has 1 aromatic heterocycles. The number of nitrogens with one attached hydrogen (secondary N) is 2. The first-order chi connectivity index (χ1) is 11.3. The van der Waals surface area contributed by atoms with Crippen LogP contribution in [0.1, 0.15) is 11.3 Å². The highest BCUT2D eigenvalue weighted by Crippen LogP contribution is 2.30. The van der Waals surface area contributed by atoms with E-state index >= 15 is 0 Å². The molecule has 0 saturated heterocycles. The monoisotopic (exact) mass is 314 g/mol. The van der Waals surface area contributed by atoms with Gasteiger partial charge in [-0.05, 0) is 24.6 Å². The molecule has 122 valence electrons. The van der Waals surface area contributed by atoms with Gasteiger partial charge in [0.2, 0.25) is 0 Å². The number of hydrogen-bond donors (Lipinski definition) is 2. The van der Waals surface area contributed by atoms with Gasteiger partial charge in [0.05, 0.1) is 5.69 Å². The Kier molecular flexibility index (Phi) is 3.83. The Bertz CT molecular complexity index is 698. The highest BCUT2D eigenvalue weighted by Gasteiger charge is 2.19. The molecule has 0 spiro atoms. The van der Waals surface area contributed by atoms with Crippen LogP contribution in [0.4, 0.5) is 5.82 Å². The van der Waals surface area contributed by atoms with Gasteiger partial charge >= 0.3 is 0 Å². The van der Waals surface area contributed by atoms with Gasteiger partial charge in [-0.25, -0.2) is 4.68 Å². The summed E-state index contributed by atoms with van der Waals surface area (Å²) in [6.07, 6.45) is 0. The van der Waals surface area contributed by atoms with Crippen molar-refractivity contribution < 1.29 is 9.47 Å². The number of aryl methyl sites for hydroxylation is 1. The van der Waals surface area contributed by atoms with Gasteiger partial charge in [-0.2, -0.15) is 5.10 Å². The van der Waals surface area contributed by atoms with Gasteiger partial charge in [-0.3, -0.25) is 0 Å². The predicted octanol–water partition coefficient (Wildman–Crippen LogP) is 1.79. The summed E-state index contributed by atoms with van der Waals surface area (Å²) in [6.45, 7) is 7.03. The van der Waals surface area contributed by atoms with Crippen LogP contribution in [0.2, 0.25) is 0 Å². The summed E-state index contributed by atoms with van der Waals surface area (Å²) >= 11 is 0. The van der Waals surface area contributed by atoms with Gasteiger partial charge in [0.15, 0.2) is 11.5 Å². The van der Waals surface area contributed by atoms with Gasteiger partial charge in [0.25, 0.3) is 0 Å². The molecule has 0 unspecified atom stereocenters. The standard InChI is InChI=1S/C17H22N4O2/c1-12-6-17-19-10-14(11-21(17)20-12)9-18-8-13-2-3-15-16(7-13)23-5-4-22-15/h2-3,6-7,14,18-19H,4-5,8-11H2,1H3/t14-/m1/s1. The third-order valence-electron chi connectivity index (χ3n) is 4.27. The Morgan fingerprint density at radius 3 is 3.04 bits per heavy atom.